The number of hydrogen-bond acceptors (Lipinski definition) is 2. The predicted octanol–water partition coefficient (Wildman–Crippen LogP) is 3.36. The van der Waals surface area contributed by atoms with Gasteiger partial charge in [-0.05, 0) is 29.7 Å². The standard InChI is InChI=1S/C20H23N5.HI/c1-21-20(25-13-11-15-6-2-3-7-16(15)14-25)22-12-10-19-23-17-8-4-5-9-18(17)24-19;/h2-9H,10-14H2,1H3,(H,21,22)(H,23,24);1H. The zero-order chi connectivity index (χ0) is 17.1. The Bertz CT molecular complexity index is 869. The maximum absolute atomic E-state index is 4.63. The average Bonchev–Trinajstić information content (AvgIpc) is 3.08. The largest absolute Gasteiger partial charge is 0.356 e. The van der Waals surface area contributed by atoms with Crippen molar-refractivity contribution in [2.45, 2.75) is 19.4 Å². The van der Waals surface area contributed by atoms with E-state index in [0.29, 0.717) is 0 Å². The minimum Gasteiger partial charge on any atom is -0.356 e. The van der Waals surface area contributed by atoms with Crippen LogP contribution in [0.15, 0.2) is 53.5 Å². The van der Waals surface area contributed by atoms with Crippen molar-refractivity contribution < 1.29 is 0 Å². The van der Waals surface area contributed by atoms with E-state index in [1.807, 2.05) is 25.2 Å². The second-order valence-corrected chi connectivity index (χ2v) is 6.36. The number of aromatic amines is 1. The van der Waals surface area contributed by atoms with Crippen LogP contribution in [-0.2, 0) is 19.4 Å². The highest BCUT2D eigenvalue weighted by atomic mass is 127. The van der Waals surface area contributed by atoms with Crippen LogP contribution >= 0.6 is 24.0 Å². The first-order chi connectivity index (χ1) is 12.3. The summed E-state index contributed by atoms with van der Waals surface area (Å²) in [5, 5.41) is 3.48. The topological polar surface area (TPSA) is 56.3 Å². The summed E-state index contributed by atoms with van der Waals surface area (Å²) in [6, 6.07) is 16.8. The Labute approximate surface area is 170 Å². The van der Waals surface area contributed by atoms with Gasteiger partial charge in [-0.3, -0.25) is 4.99 Å². The molecule has 1 aromatic heterocycles. The number of rotatable bonds is 3. The van der Waals surface area contributed by atoms with Gasteiger partial charge in [0.05, 0.1) is 11.0 Å². The molecule has 2 N–H and O–H groups in total. The highest BCUT2D eigenvalue weighted by Crippen LogP contribution is 2.18. The number of fused-ring (bicyclic) bond motifs is 2. The van der Waals surface area contributed by atoms with E-state index in [0.717, 1.165) is 55.3 Å². The summed E-state index contributed by atoms with van der Waals surface area (Å²) in [7, 11) is 1.85. The molecular formula is C20H24IN5. The summed E-state index contributed by atoms with van der Waals surface area (Å²) in [5.41, 5.74) is 4.97. The summed E-state index contributed by atoms with van der Waals surface area (Å²) < 4.78 is 0. The van der Waals surface area contributed by atoms with Gasteiger partial charge >= 0.3 is 0 Å². The Balaban J connectivity index is 0.00000196. The van der Waals surface area contributed by atoms with Crippen molar-refractivity contribution in [1.82, 2.24) is 20.2 Å². The van der Waals surface area contributed by atoms with Gasteiger partial charge < -0.3 is 15.2 Å². The van der Waals surface area contributed by atoms with Crippen LogP contribution in [0.25, 0.3) is 11.0 Å². The lowest BCUT2D eigenvalue weighted by molar-refractivity contribution is 0.379. The second kappa shape index (κ2) is 8.53. The first-order valence-corrected chi connectivity index (χ1v) is 8.79. The molecule has 4 rings (SSSR count). The number of nitrogens with zero attached hydrogens (tertiary/aromatic N) is 3. The highest BCUT2D eigenvalue weighted by Gasteiger charge is 2.18. The summed E-state index contributed by atoms with van der Waals surface area (Å²) in [5.74, 6) is 1.97. The van der Waals surface area contributed by atoms with Crippen LogP contribution in [-0.4, -0.2) is 41.0 Å². The molecular weight excluding hydrogens is 437 g/mol. The number of hydrogen-bond donors (Lipinski definition) is 2. The first-order valence-electron chi connectivity index (χ1n) is 8.79. The third kappa shape index (κ3) is 4.00. The lowest BCUT2D eigenvalue weighted by atomic mass is 10.0. The zero-order valence-corrected chi connectivity index (χ0v) is 17.2. The van der Waals surface area contributed by atoms with E-state index in [2.05, 4.69) is 55.5 Å². The van der Waals surface area contributed by atoms with E-state index in [1.165, 1.54) is 11.1 Å². The van der Waals surface area contributed by atoms with Crippen LogP contribution in [0.1, 0.15) is 17.0 Å². The molecule has 0 bridgehead atoms. The molecule has 0 fully saturated rings. The van der Waals surface area contributed by atoms with Crippen LogP contribution in [0.4, 0.5) is 0 Å². The third-order valence-electron chi connectivity index (χ3n) is 4.73. The Kier molecular flexibility index (Phi) is 6.13. The summed E-state index contributed by atoms with van der Waals surface area (Å²) >= 11 is 0. The summed E-state index contributed by atoms with van der Waals surface area (Å²) in [6.45, 7) is 2.73. The van der Waals surface area contributed by atoms with E-state index >= 15 is 0 Å². The predicted molar refractivity (Wildman–Crippen MR) is 117 cm³/mol. The molecule has 0 radical (unpaired) electrons. The van der Waals surface area contributed by atoms with Gasteiger partial charge in [0.1, 0.15) is 5.82 Å². The number of guanidine groups is 1. The lowest BCUT2D eigenvalue weighted by Gasteiger charge is -2.31. The maximum Gasteiger partial charge on any atom is 0.193 e. The van der Waals surface area contributed by atoms with Crippen LogP contribution in [0, 0.1) is 0 Å². The molecule has 3 aromatic rings. The molecule has 136 valence electrons. The number of benzene rings is 2. The van der Waals surface area contributed by atoms with Crippen molar-refractivity contribution >= 4 is 41.0 Å². The molecule has 2 heterocycles. The molecule has 1 aliphatic heterocycles. The van der Waals surface area contributed by atoms with E-state index in [9.17, 15) is 0 Å². The molecule has 0 saturated heterocycles. The smallest absolute Gasteiger partial charge is 0.193 e. The van der Waals surface area contributed by atoms with E-state index < -0.39 is 0 Å². The highest BCUT2D eigenvalue weighted by molar-refractivity contribution is 14.0. The first kappa shape index (κ1) is 18.7. The molecule has 0 spiro atoms. The van der Waals surface area contributed by atoms with Gasteiger partial charge in [0.2, 0.25) is 0 Å². The zero-order valence-electron chi connectivity index (χ0n) is 14.9. The minimum absolute atomic E-state index is 0. The van der Waals surface area contributed by atoms with Gasteiger partial charge in [-0.2, -0.15) is 0 Å². The van der Waals surface area contributed by atoms with Gasteiger partial charge in [0.25, 0.3) is 0 Å². The van der Waals surface area contributed by atoms with Crippen LogP contribution < -0.4 is 5.32 Å². The number of para-hydroxylation sites is 2. The second-order valence-electron chi connectivity index (χ2n) is 6.36. The summed E-state index contributed by atoms with van der Waals surface area (Å²) in [6.07, 6.45) is 1.92. The number of H-pyrrole nitrogens is 1. The number of aliphatic imine (C=N–C) groups is 1. The fraction of sp³-hybridized carbons (Fsp3) is 0.300. The van der Waals surface area contributed by atoms with E-state index in [1.54, 1.807) is 0 Å². The van der Waals surface area contributed by atoms with Crippen LogP contribution in [0.2, 0.25) is 0 Å². The molecule has 0 unspecified atom stereocenters. The SMILES string of the molecule is CN=C(NCCc1nc2ccccc2[nH]1)N1CCc2ccccc2C1.I. The maximum atomic E-state index is 4.63. The molecule has 6 heteroatoms. The fourth-order valence-corrected chi connectivity index (χ4v) is 3.43. The van der Waals surface area contributed by atoms with E-state index in [4.69, 9.17) is 0 Å². The van der Waals surface area contributed by atoms with Gasteiger partial charge in [-0.25, -0.2) is 4.98 Å². The quantitative estimate of drug-likeness (QED) is 0.358. The Morgan fingerprint density at radius 1 is 1.15 bits per heavy atom. The number of halogens is 1. The Morgan fingerprint density at radius 3 is 2.73 bits per heavy atom. The van der Waals surface area contributed by atoms with Crippen molar-refractivity contribution in [1.29, 1.82) is 0 Å². The van der Waals surface area contributed by atoms with Crippen molar-refractivity contribution in [2.75, 3.05) is 20.1 Å². The Hall–Kier alpha value is -2.09. The molecule has 0 amide bonds. The van der Waals surface area contributed by atoms with Crippen LogP contribution in [0.5, 0.6) is 0 Å². The number of nitrogens with one attached hydrogen (secondary N) is 2. The monoisotopic (exact) mass is 461 g/mol. The fourth-order valence-electron chi connectivity index (χ4n) is 3.43. The van der Waals surface area contributed by atoms with E-state index in [-0.39, 0.29) is 24.0 Å². The number of imidazole rings is 1. The number of aromatic nitrogens is 2. The normalized spacial score (nSPS) is 14.0. The molecule has 1 aliphatic rings. The van der Waals surface area contributed by atoms with Crippen LogP contribution in [0.3, 0.4) is 0 Å². The third-order valence-corrected chi connectivity index (χ3v) is 4.73. The molecule has 0 aliphatic carbocycles. The molecule has 2 aromatic carbocycles. The summed E-state index contributed by atoms with van der Waals surface area (Å²) in [4.78, 5) is 14.8. The van der Waals surface area contributed by atoms with Gasteiger partial charge in [0, 0.05) is 33.1 Å². The van der Waals surface area contributed by atoms with Gasteiger partial charge in [-0.1, -0.05) is 36.4 Å². The molecule has 5 nitrogen and oxygen atoms in total. The molecule has 0 saturated carbocycles. The molecule has 0 atom stereocenters. The van der Waals surface area contributed by atoms with Gasteiger partial charge in [-0.15, -0.1) is 24.0 Å². The molecule has 26 heavy (non-hydrogen) atoms. The van der Waals surface area contributed by atoms with Crippen molar-refractivity contribution in [3.8, 4) is 0 Å². The van der Waals surface area contributed by atoms with Crippen molar-refractivity contribution in [3.63, 3.8) is 0 Å². The average molecular weight is 461 g/mol. The Morgan fingerprint density at radius 2 is 1.92 bits per heavy atom. The lowest BCUT2D eigenvalue weighted by Crippen LogP contribution is -2.44. The van der Waals surface area contributed by atoms with Gasteiger partial charge in [0.15, 0.2) is 5.96 Å². The van der Waals surface area contributed by atoms with Crippen molar-refractivity contribution in [2.24, 2.45) is 4.99 Å². The van der Waals surface area contributed by atoms with Crippen molar-refractivity contribution in [3.05, 3.63) is 65.5 Å². The minimum atomic E-state index is 0.